The first-order valence-electron chi connectivity index (χ1n) is 9.83. The molecule has 0 amide bonds. The Bertz CT molecular complexity index is 1120. The summed E-state index contributed by atoms with van der Waals surface area (Å²) in [4.78, 5) is 18.5. The maximum atomic E-state index is 13.1. The van der Waals surface area contributed by atoms with Crippen molar-refractivity contribution in [3.05, 3.63) is 45.9 Å². The number of esters is 1. The molecule has 0 radical (unpaired) electrons. The van der Waals surface area contributed by atoms with Gasteiger partial charge in [-0.3, -0.25) is 9.69 Å². The van der Waals surface area contributed by atoms with E-state index in [0.29, 0.717) is 35.5 Å². The minimum Gasteiger partial charge on any atom is -0.468 e. The minimum absolute atomic E-state index is 0.00619. The predicted octanol–water partition coefficient (Wildman–Crippen LogP) is 5.30. The summed E-state index contributed by atoms with van der Waals surface area (Å²) in [7, 11) is 1.34. The molecule has 0 unspecified atom stereocenters. The zero-order valence-corrected chi connectivity index (χ0v) is 18.6. The number of aromatic nitrogens is 1. The molecule has 3 aromatic rings. The third-order valence-electron chi connectivity index (χ3n) is 5.50. The largest absolute Gasteiger partial charge is 0.468 e. The van der Waals surface area contributed by atoms with Gasteiger partial charge < -0.3 is 13.9 Å². The molecule has 0 N–H and O–H groups in total. The fourth-order valence-corrected chi connectivity index (χ4v) is 4.29. The van der Waals surface area contributed by atoms with E-state index in [1.807, 2.05) is 30.0 Å². The highest BCUT2D eigenvalue weighted by Crippen LogP contribution is 2.35. The van der Waals surface area contributed by atoms with Crippen LogP contribution in [0.2, 0.25) is 0 Å². The molecule has 1 aliphatic heterocycles. The lowest BCUT2D eigenvalue weighted by Gasteiger charge is -2.23. The SMILES string of the molecule is COC(=O)[C@@H]1CCCN1Cc1cc2nc(-c3cccc(Br)c3C)oc2cc1OC(F)F. The number of hydrogen-bond acceptors (Lipinski definition) is 6. The number of fused-ring (bicyclic) bond motifs is 1. The van der Waals surface area contributed by atoms with E-state index in [1.54, 1.807) is 6.07 Å². The Balaban J connectivity index is 1.73. The smallest absolute Gasteiger partial charge is 0.387 e. The lowest BCUT2D eigenvalue weighted by atomic mass is 10.1. The quantitative estimate of drug-likeness (QED) is 0.433. The lowest BCUT2D eigenvalue weighted by Crippen LogP contribution is -2.36. The molecule has 9 heteroatoms. The number of methoxy groups -OCH3 is 1. The second-order valence-electron chi connectivity index (χ2n) is 7.39. The van der Waals surface area contributed by atoms with Crippen LogP contribution < -0.4 is 4.74 Å². The molecule has 2 aromatic carbocycles. The van der Waals surface area contributed by atoms with E-state index in [-0.39, 0.29) is 18.3 Å². The van der Waals surface area contributed by atoms with Gasteiger partial charge in [0.2, 0.25) is 5.89 Å². The molecule has 0 bridgehead atoms. The van der Waals surface area contributed by atoms with Crippen molar-refractivity contribution in [3.63, 3.8) is 0 Å². The molecule has 164 valence electrons. The van der Waals surface area contributed by atoms with Crippen LogP contribution in [-0.2, 0) is 16.1 Å². The van der Waals surface area contributed by atoms with E-state index in [2.05, 4.69) is 20.9 Å². The van der Waals surface area contributed by atoms with Crippen molar-refractivity contribution < 1.29 is 27.5 Å². The second kappa shape index (κ2) is 8.92. The maximum Gasteiger partial charge on any atom is 0.387 e. The molecule has 0 saturated carbocycles. The number of oxazole rings is 1. The molecule has 2 heterocycles. The Labute approximate surface area is 186 Å². The molecule has 1 aromatic heterocycles. The van der Waals surface area contributed by atoms with Gasteiger partial charge in [0.15, 0.2) is 5.58 Å². The third kappa shape index (κ3) is 4.43. The van der Waals surface area contributed by atoms with Crippen molar-refractivity contribution in [2.24, 2.45) is 0 Å². The Hall–Kier alpha value is -2.52. The van der Waals surface area contributed by atoms with Crippen LogP contribution in [0.1, 0.15) is 24.0 Å². The predicted molar refractivity (Wildman–Crippen MR) is 114 cm³/mol. The molecule has 1 saturated heterocycles. The first kappa shape index (κ1) is 21.7. The lowest BCUT2D eigenvalue weighted by molar-refractivity contribution is -0.146. The van der Waals surface area contributed by atoms with Gasteiger partial charge in [0, 0.05) is 28.2 Å². The summed E-state index contributed by atoms with van der Waals surface area (Å²) < 4.78 is 42.6. The zero-order chi connectivity index (χ0) is 22.1. The molecule has 1 fully saturated rings. The van der Waals surface area contributed by atoms with Crippen molar-refractivity contribution >= 4 is 33.0 Å². The van der Waals surface area contributed by atoms with E-state index < -0.39 is 12.7 Å². The highest BCUT2D eigenvalue weighted by Gasteiger charge is 2.32. The van der Waals surface area contributed by atoms with E-state index in [0.717, 1.165) is 22.0 Å². The Morgan fingerprint density at radius 3 is 2.94 bits per heavy atom. The van der Waals surface area contributed by atoms with Crippen molar-refractivity contribution in [2.45, 2.75) is 39.0 Å². The second-order valence-corrected chi connectivity index (χ2v) is 8.24. The Morgan fingerprint density at radius 1 is 1.39 bits per heavy atom. The average molecular weight is 495 g/mol. The number of likely N-dealkylation sites (tertiary alicyclic amines) is 1. The number of ether oxygens (including phenoxy) is 2. The molecule has 31 heavy (non-hydrogen) atoms. The number of benzene rings is 2. The highest BCUT2D eigenvalue weighted by molar-refractivity contribution is 9.10. The maximum absolute atomic E-state index is 13.1. The van der Waals surface area contributed by atoms with Gasteiger partial charge in [-0.05, 0) is 50.1 Å². The molecule has 0 spiro atoms. The number of carbonyl (C=O) groups excluding carboxylic acids is 1. The normalized spacial score (nSPS) is 16.9. The summed E-state index contributed by atoms with van der Waals surface area (Å²) in [5.74, 6) is 0.0676. The van der Waals surface area contributed by atoms with Gasteiger partial charge in [-0.25, -0.2) is 4.98 Å². The van der Waals surface area contributed by atoms with Gasteiger partial charge in [0.1, 0.15) is 17.3 Å². The van der Waals surface area contributed by atoms with Crippen LogP contribution >= 0.6 is 15.9 Å². The first-order valence-corrected chi connectivity index (χ1v) is 10.6. The summed E-state index contributed by atoms with van der Waals surface area (Å²) in [6, 6.07) is 8.38. The van der Waals surface area contributed by atoms with E-state index in [1.165, 1.54) is 13.2 Å². The fraction of sp³-hybridized carbons (Fsp3) is 0.364. The van der Waals surface area contributed by atoms with Crippen LogP contribution in [0.5, 0.6) is 5.75 Å². The van der Waals surface area contributed by atoms with Crippen LogP contribution in [0, 0.1) is 6.92 Å². The van der Waals surface area contributed by atoms with E-state index in [4.69, 9.17) is 13.9 Å². The van der Waals surface area contributed by atoms with Crippen LogP contribution in [0.4, 0.5) is 8.78 Å². The van der Waals surface area contributed by atoms with Gasteiger partial charge >= 0.3 is 12.6 Å². The van der Waals surface area contributed by atoms with Gasteiger partial charge in [-0.2, -0.15) is 8.78 Å². The summed E-state index contributed by atoms with van der Waals surface area (Å²) in [6.45, 7) is -0.130. The molecule has 1 atom stereocenters. The summed E-state index contributed by atoms with van der Waals surface area (Å²) >= 11 is 3.49. The summed E-state index contributed by atoms with van der Waals surface area (Å²) in [5, 5.41) is 0. The monoisotopic (exact) mass is 494 g/mol. The molecule has 0 aliphatic carbocycles. The molecular weight excluding hydrogens is 474 g/mol. The zero-order valence-electron chi connectivity index (χ0n) is 17.0. The van der Waals surface area contributed by atoms with Crippen LogP contribution in [0.25, 0.3) is 22.6 Å². The van der Waals surface area contributed by atoms with Crippen LogP contribution in [-0.4, -0.2) is 42.2 Å². The minimum atomic E-state index is -2.99. The van der Waals surface area contributed by atoms with Gasteiger partial charge in [0.05, 0.1) is 7.11 Å². The topological polar surface area (TPSA) is 64.8 Å². The fourth-order valence-electron chi connectivity index (χ4n) is 3.92. The van der Waals surface area contributed by atoms with Crippen molar-refractivity contribution in [3.8, 4) is 17.2 Å². The molecular formula is C22H21BrF2N2O4. The standard InChI is InChI=1S/C22H21BrF2N2O4/c1-12-14(5-3-6-15(12)23)20-26-16-9-13(18(31-22(24)25)10-19(16)30-20)11-27-8-4-7-17(27)21(28)29-2/h3,5-6,9-10,17,22H,4,7-8,11H2,1-2H3/t17-/m0/s1. The molecule has 1 aliphatic rings. The van der Waals surface area contributed by atoms with Gasteiger partial charge in [0.25, 0.3) is 0 Å². The third-order valence-corrected chi connectivity index (χ3v) is 6.35. The van der Waals surface area contributed by atoms with Crippen LogP contribution in [0.15, 0.2) is 39.2 Å². The van der Waals surface area contributed by atoms with Crippen LogP contribution in [0.3, 0.4) is 0 Å². The summed E-state index contributed by atoms with van der Waals surface area (Å²) in [5.41, 5.74) is 3.14. The number of hydrogen-bond donors (Lipinski definition) is 0. The average Bonchev–Trinajstić information content (AvgIpc) is 3.36. The number of rotatable bonds is 6. The van der Waals surface area contributed by atoms with Gasteiger partial charge in [-0.15, -0.1) is 0 Å². The number of carbonyl (C=O) groups is 1. The van der Waals surface area contributed by atoms with Crippen molar-refractivity contribution in [2.75, 3.05) is 13.7 Å². The first-order chi connectivity index (χ1) is 14.9. The Morgan fingerprint density at radius 2 is 2.19 bits per heavy atom. The van der Waals surface area contributed by atoms with Crippen molar-refractivity contribution in [1.82, 2.24) is 9.88 Å². The van der Waals surface area contributed by atoms with Gasteiger partial charge in [-0.1, -0.05) is 22.0 Å². The Kier molecular flexibility index (Phi) is 6.24. The number of nitrogens with zero attached hydrogens (tertiary/aromatic N) is 2. The highest BCUT2D eigenvalue weighted by atomic mass is 79.9. The number of alkyl halides is 2. The number of halogens is 3. The van der Waals surface area contributed by atoms with E-state index >= 15 is 0 Å². The van der Waals surface area contributed by atoms with E-state index in [9.17, 15) is 13.6 Å². The molecule has 6 nitrogen and oxygen atoms in total. The summed E-state index contributed by atoms with van der Waals surface area (Å²) in [6.07, 6.45) is 1.49. The molecule has 4 rings (SSSR count). The van der Waals surface area contributed by atoms with Crippen molar-refractivity contribution in [1.29, 1.82) is 0 Å².